The summed E-state index contributed by atoms with van der Waals surface area (Å²) in [6.45, 7) is 2.45. The van der Waals surface area contributed by atoms with Gasteiger partial charge < -0.3 is 10.6 Å². The molecule has 4 nitrogen and oxygen atoms in total. The van der Waals surface area contributed by atoms with Crippen LogP contribution in [0.3, 0.4) is 0 Å². The van der Waals surface area contributed by atoms with Crippen LogP contribution in [0.15, 0.2) is 66.7 Å². The van der Waals surface area contributed by atoms with Crippen LogP contribution in [-0.2, 0) is 11.3 Å². The predicted molar refractivity (Wildman–Crippen MR) is 121 cm³/mol. The van der Waals surface area contributed by atoms with Crippen LogP contribution in [0.1, 0.15) is 34.3 Å². The van der Waals surface area contributed by atoms with Gasteiger partial charge in [-0.2, -0.15) is 0 Å². The minimum absolute atomic E-state index is 0.0940. The second kappa shape index (κ2) is 8.72. The molecule has 3 aromatic rings. The van der Waals surface area contributed by atoms with Crippen molar-refractivity contribution in [3.8, 4) is 11.1 Å². The van der Waals surface area contributed by atoms with Crippen LogP contribution < -0.4 is 10.6 Å². The fourth-order valence-corrected chi connectivity index (χ4v) is 3.55. The molecule has 2 amide bonds. The largest absolute Gasteiger partial charge is 0.348 e. The van der Waals surface area contributed by atoms with Crippen LogP contribution in [0.25, 0.3) is 11.1 Å². The summed E-state index contributed by atoms with van der Waals surface area (Å²) >= 11 is 5.99. The van der Waals surface area contributed by atoms with Crippen molar-refractivity contribution < 1.29 is 9.59 Å². The van der Waals surface area contributed by atoms with Crippen LogP contribution in [-0.4, -0.2) is 11.8 Å². The number of hydrogen-bond acceptors (Lipinski definition) is 2. The Hall–Kier alpha value is -3.11. The number of aryl methyl sites for hydroxylation is 1. The fraction of sp³-hybridized carbons (Fsp3) is 0.200. The average Bonchev–Trinajstić information content (AvgIpc) is 3.59. The Morgan fingerprint density at radius 1 is 1.00 bits per heavy atom. The lowest BCUT2D eigenvalue weighted by Crippen LogP contribution is -2.22. The van der Waals surface area contributed by atoms with Gasteiger partial charge >= 0.3 is 0 Å². The second-order valence-corrected chi connectivity index (χ2v) is 8.12. The first-order valence-corrected chi connectivity index (χ1v) is 10.4. The van der Waals surface area contributed by atoms with Gasteiger partial charge in [0, 0.05) is 28.7 Å². The molecule has 0 atom stereocenters. The number of benzene rings is 3. The molecule has 1 aliphatic rings. The lowest BCUT2D eigenvalue weighted by Gasteiger charge is -2.11. The maximum Gasteiger partial charge on any atom is 0.251 e. The first kappa shape index (κ1) is 20.2. The molecule has 30 heavy (non-hydrogen) atoms. The normalized spacial score (nSPS) is 13.0. The van der Waals surface area contributed by atoms with Gasteiger partial charge in [0.2, 0.25) is 5.91 Å². The SMILES string of the molecule is Cc1ccc(NC(=O)C2CC2)cc1-c1ccc(C(=O)NCc2cccc(Cl)c2)cc1. The summed E-state index contributed by atoms with van der Waals surface area (Å²) in [5, 5.41) is 6.56. The first-order chi connectivity index (χ1) is 14.5. The van der Waals surface area contributed by atoms with Crippen molar-refractivity contribution >= 4 is 29.1 Å². The molecule has 2 N–H and O–H groups in total. The maximum atomic E-state index is 12.5. The molecule has 5 heteroatoms. The first-order valence-electron chi connectivity index (χ1n) is 10.0. The third-order valence-corrected chi connectivity index (χ3v) is 5.49. The topological polar surface area (TPSA) is 58.2 Å². The van der Waals surface area contributed by atoms with E-state index < -0.39 is 0 Å². The van der Waals surface area contributed by atoms with E-state index in [4.69, 9.17) is 11.6 Å². The molecule has 0 spiro atoms. The van der Waals surface area contributed by atoms with Gasteiger partial charge in [0.15, 0.2) is 0 Å². The number of anilines is 1. The predicted octanol–water partition coefficient (Wildman–Crippen LogP) is 5.59. The van der Waals surface area contributed by atoms with Gasteiger partial charge in [0.05, 0.1) is 0 Å². The summed E-state index contributed by atoms with van der Waals surface area (Å²) in [6, 6.07) is 20.9. The molecule has 0 heterocycles. The molecule has 0 aliphatic heterocycles. The lowest BCUT2D eigenvalue weighted by atomic mass is 9.98. The molecule has 3 aromatic carbocycles. The van der Waals surface area contributed by atoms with E-state index in [0.717, 1.165) is 40.8 Å². The zero-order valence-corrected chi connectivity index (χ0v) is 17.5. The van der Waals surface area contributed by atoms with Gasteiger partial charge in [-0.05, 0) is 78.4 Å². The van der Waals surface area contributed by atoms with Crippen molar-refractivity contribution in [1.82, 2.24) is 5.32 Å². The molecule has 4 rings (SSSR count). The molecular formula is C25H23ClN2O2. The standard InChI is InChI=1S/C25H23ClN2O2/c1-16-5-12-22(28-25(30)20-10-11-20)14-23(16)18-6-8-19(9-7-18)24(29)27-15-17-3-2-4-21(26)13-17/h2-9,12-14,20H,10-11,15H2,1H3,(H,27,29)(H,28,30). The van der Waals surface area contributed by atoms with Gasteiger partial charge in [-0.15, -0.1) is 0 Å². The summed E-state index contributed by atoms with van der Waals surface area (Å²) < 4.78 is 0. The summed E-state index contributed by atoms with van der Waals surface area (Å²) in [5.74, 6) is 0.125. The van der Waals surface area contributed by atoms with E-state index in [9.17, 15) is 9.59 Å². The van der Waals surface area contributed by atoms with Crippen molar-refractivity contribution in [3.05, 3.63) is 88.4 Å². The van der Waals surface area contributed by atoms with E-state index in [1.807, 2.05) is 67.6 Å². The van der Waals surface area contributed by atoms with E-state index in [1.165, 1.54) is 0 Å². The minimum atomic E-state index is -0.135. The molecule has 0 radical (unpaired) electrons. The summed E-state index contributed by atoms with van der Waals surface area (Å²) in [4.78, 5) is 24.5. The van der Waals surface area contributed by atoms with Crippen molar-refractivity contribution in [1.29, 1.82) is 0 Å². The van der Waals surface area contributed by atoms with E-state index in [1.54, 1.807) is 6.07 Å². The van der Waals surface area contributed by atoms with Crippen LogP contribution in [0, 0.1) is 12.8 Å². The van der Waals surface area contributed by atoms with Crippen molar-refractivity contribution in [3.63, 3.8) is 0 Å². The molecule has 0 saturated heterocycles. The van der Waals surface area contributed by atoms with Crippen molar-refractivity contribution in [2.24, 2.45) is 5.92 Å². The molecule has 1 saturated carbocycles. The number of hydrogen-bond donors (Lipinski definition) is 2. The number of amides is 2. The number of nitrogens with one attached hydrogen (secondary N) is 2. The van der Waals surface area contributed by atoms with E-state index in [0.29, 0.717) is 17.1 Å². The Kier molecular flexibility index (Phi) is 5.86. The molecular weight excluding hydrogens is 396 g/mol. The molecule has 152 valence electrons. The Bertz CT molecular complexity index is 1090. The Morgan fingerprint density at radius 3 is 2.47 bits per heavy atom. The Labute approximate surface area is 181 Å². The second-order valence-electron chi connectivity index (χ2n) is 7.68. The van der Waals surface area contributed by atoms with Crippen molar-refractivity contribution in [2.45, 2.75) is 26.3 Å². The monoisotopic (exact) mass is 418 g/mol. The van der Waals surface area contributed by atoms with Gasteiger partial charge in [-0.25, -0.2) is 0 Å². The highest BCUT2D eigenvalue weighted by atomic mass is 35.5. The zero-order valence-electron chi connectivity index (χ0n) is 16.7. The Morgan fingerprint density at radius 2 is 1.77 bits per heavy atom. The van der Waals surface area contributed by atoms with E-state index in [2.05, 4.69) is 10.6 Å². The van der Waals surface area contributed by atoms with Gasteiger partial charge in [0.1, 0.15) is 0 Å². The molecule has 0 bridgehead atoms. The van der Waals surface area contributed by atoms with Gasteiger partial charge in [-0.1, -0.05) is 41.9 Å². The van der Waals surface area contributed by atoms with E-state index >= 15 is 0 Å². The number of carbonyl (C=O) groups is 2. The lowest BCUT2D eigenvalue weighted by molar-refractivity contribution is -0.117. The fourth-order valence-electron chi connectivity index (χ4n) is 3.33. The van der Waals surface area contributed by atoms with Gasteiger partial charge in [-0.3, -0.25) is 9.59 Å². The average molecular weight is 419 g/mol. The number of carbonyl (C=O) groups excluding carboxylic acids is 2. The summed E-state index contributed by atoms with van der Waals surface area (Å²) in [5.41, 5.74) is 5.49. The highest BCUT2D eigenvalue weighted by Crippen LogP contribution is 2.32. The van der Waals surface area contributed by atoms with Crippen LogP contribution in [0.4, 0.5) is 5.69 Å². The van der Waals surface area contributed by atoms with Crippen LogP contribution in [0.2, 0.25) is 5.02 Å². The Balaban J connectivity index is 1.44. The maximum absolute atomic E-state index is 12.5. The molecule has 0 unspecified atom stereocenters. The zero-order chi connectivity index (χ0) is 21.1. The van der Waals surface area contributed by atoms with E-state index in [-0.39, 0.29) is 17.7 Å². The number of halogens is 1. The number of rotatable bonds is 6. The van der Waals surface area contributed by atoms with Crippen LogP contribution >= 0.6 is 11.6 Å². The highest BCUT2D eigenvalue weighted by Gasteiger charge is 2.29. The molecule has 1 fully saturated rings. The minimum Gasteiger partial charge on any atom is -0.348 e. The van der Waals surface area contributed by atoms with Gasteiger partial charge in [0.25, 0.3) is 5.91 Å². The summed E-state index contributed by atoms with van der Waals surface area (Å²) in [7, 11) is 0. The highest BCUT2D eigenvalue weighted by molar-refractivity contribution is 6.30. The third kappa shape index (κ3) is 4.89. The molecule has 0 aromatic heterocycles. The van der Waals surface area contributed by atoms with Crippen LogP contribution in [0.5, 0.6) is 0 Å². The summed E-state index contributed by atoms with van der Waals surface area (Å²) in [6.07, 6.45) is 1.96. The molecule has 1 aliphatic carbocycles. The van der Waals surface area contributed by atoms with Crippen molar-refractivity contribution in [2.75, 3.05) is 5.32 Å². The smallest absolute Gasteiger partial charge is 0.251 e. The quantitative estimate of drug-likeness (QED) is 0.547. The third-order valence-electron chi connectivity index (χ3n) is 5.25.